The van der Waals surface area contributed by atoms with Crippen LogP contribution in [0.4, 0.5) is 4.79 Å². The van der Waals surface area contributed by atoms with Gasteiger partial charge in [-0.1, -0.05) is 12.1 Å². The molecular formula is C20H24N4O4. The number of piperidine rings is 3. The van der Waals surface area contributed by atoms with Gasteiger partial charge in [-0.25, -0.2) is 4.79 Å². The van der Waals surface area contributed by atoms with Crippen molar-refractivity contribution in [3.05, 3.63) is 29.8 Å². The van der Waals surface area contributed by atoms with Crippen LogP contribution in [0.1, 0.15) is 24.3 Å². The lowest BCUT2D eigenvalue weighted by molar-refractivity contribution is -0.136. The topological polar surface area (TPSA) is 93.2 Å². The lowest BCUT2D eigenvalue weighted by Gasteiger charge is -2.51. The molecule has 4 amide bonds. The number of rotatable bonds is 3. The van der Waals surface area contributed by atoms with Crippen LogP contribution < -0.4 is 5.32 Å². The average Bonchev–Trinajstić information content (AvgIpc) is 3.24. The Morgan fingerprint density at radius 3 is 2.64 bits per heavy atom. The highest BCUT2D eigenvalue weighted by Gasteiger charge is 2.54. The summed E-state index contributed by atoms with van der Waals surface area (Å²) in [5.74, 6) is 0.379. The second-order valence-electron chi connectivity index (χ2n) is 8.31. The van der Waals surface area contributed by atoms with Gasteiger partial charge in [0.15, 0.2) is 0 Å². The summed E-state index contributed by atoms with van der Waals surface area (Å²) in [5, 5.41) is 12.2. The van der Waals surface area contributed by atoms with E-state index in [-0.39, 0.29) is 48.7 Å². The second-order valence-corrected chi connectivity index (χ2v) is 8.31. The van der Waals surface area contributed by atoms with Crippen molar-refractivity contribution in [1.82, 2.24) is 20.0 Å². The number of nitrogens with zero attached hydrogens (tertiary/aromatic N) is 3. The van der Waals surface area contributed by atoms with Gasteiger partial charge >= 0.3 is 6.03 Å². The first-order valence-electron chi connectivity index (χ1n) is 9.92. The van der Waals surface area contributed by atoms with E-state index < -0.39 is 6.03 Å². The first kappa shape index (κ1) is 17.5. The van der Waals surface area contributed by atoms with Crippen molar-refractivity contribution >= 4 is 17.8 Å². The van der Waals surface area contributed by atoms with Gasteiger partial charge < -0.3 is 14.9 Å². The third-order valence-electron chi connectivity index (χ3n) is 6.81. The molecule has 0 spiro atoms. The number of imide groups is 1. The number of hydrogen-bond donors (Lipinski definition) is 2. The van der Waals surface area contributed by atoms with Gasteiger partial charge in [0.2, 0.25) is 11.8 Å². The molecule has 6 rings (SSSR count). The predicted molar refractivity (Wildman–Crippen MR) is 99.5 cm³/mol. The van der Waals surface area contributed by atoms with Crippen molar-refractivity contribution in [2.24, 2.45) is 5.92 Å². The summed E-state index contributed by atoms with van der Waals surface area (Å²) in [6, 6.07) is 7.20. The monoisotopic (exact) mass is 384 g/mol. The van der Waals surface area contributed by atoms with Crippen LogP contribution in [0.15, 0.2) is 24.3 Å². The number of aromatic hydroxyl groups is 1. The van der Waals surface area contributed by atoms with Crippen molar-refractivity contribution in [3.8, 4) is 5.75 Å². The zero-order valence-corrected chi connectivity index (χ0v) is 15.6. The van der Waals surface area contributed by atoms with E-state index in [0.29, 0.717) is 12.5 Å². The molecule has 5 aliphatic heterocycles. The van der Waals surface area contributed by atoms with Crippen molar-refractivity contribution < 1.29 is 19.5 Å². The Balaban J connectivity index is 1.42. The molecule has 5 fully saturated rings. The highest BCUT2D eigenvalue weighted by molar-refractivity contribution is 6.03. The van der Waals surface area contributed by atoms with Gasteiger partial charge in [-0.2, -0.15) is 0 Å². The van der Waals surface area contributed by atoms with E-state index in [0.717, 1.165) is 31.5 Å². The SMILES string of the molecule is O=C1CN(CC(=O)N2CC(c3cccc(O)c3)C3C2C2CCN3CC2)C(=O)N1. The number of fused-ring (bicyclic) bond motifs is 2. The minimum atomic E-state index is -0.493. The fourth-order valence-electron chi connectivity index (χ4n) is 5.62. The third kappa shape index (κ3) is 2.74. The molecule has 1 aromatic rings. The fourth-order valence-corrected chi connectivity index (χ4v) is 5.62. The Hall–Kier alpha value is -2.61. The second kappa shape index (κ2) is 6.48. The van der Waals surface area contributed by atoms with E-state index in [1.54, 1.807) is 12.1 Å². The van der Waals surface area contributed by atoms with Crippen molar-refractivity contribution in [3.63, 3.8) is 0 Å². The van der Waals surface area contributed by atoms with Gasteiger partial charge in [0.25, 0.3) is 0 Å². The standard InChI is InChI=1S/C20H24N4O4/c25-14-3-1-2-13(8-14)15-9-24(17(27)11-23-10-16(26)21-20(23)28)18-12-4-6-22(7-5-12)19(15)18/h1-3,8,12,15,18-19,25H,4-7,9-11H2,(H,21,26,28). The number of amides is 4. The average molecular weight is 384 g/mol. The van der Waals surface area contributed by atoms with Gasteiger partial charge in [0.1, 0.15) is 18.8 Å². The highest BCUT2D eigenvalue weighted by atomic mass is 16.3. The van der Waals surface area contributed by atoms with Gasteiger partial charge in [0, 0.05) is 18.5 Å². The fraction of sp³-hybridized carbons (Fsp3) is 0.550. The predicted octanol–water partition coefficient (Wildman–Crippen LogP) is 0.333. The summed E-state index contributed by atoms with van der Waals surface area (Å²) < 4.78 is 0. The van der Waals surface area contributed by atoms with Crippen molar-refractivity contribution in [1.29, 1.82) is 0 Å². The number of phenols is 1. The molecule has 0 aliphatic carbocycles. The molecule has 8 nitrogen and oxygen atoms in total. The zero-order chi connectivity index (χ0) is 19.4. The molecule has 28 heavy (non-hydrogen) atoms. The third-order valence-corrected chi connectivity index (χ3v) is 6.81. The van der Waals surface area contributed by atoms with Gasteiger partial charge in [-0.3, -0.25) is 19.8 Å². The first-order chi connectivity index (χ1) is 13.5. The summed E-state index contributed by atoms with van der Waals surface area (Å²) in [6.45, 7) is 2.55. The molecule has 2 N–H and O–H groups in total. The van der Waals surface area contributed by atoms with Crippen molar-refractivity contribution in [2.45, 2.75) is 30.8 Å². The van der Waals surface area contributed by atoms with E-state index in [1.165, 1.54) is 4.90 Å². The summed E-state index contributed by atoms with van der Waals surface area (Å²) in [4.78, 5) is 42.1. The number of phenolic OH excluding ortho intramolecular Hbond substituents is 1. The minimum Gasteiger partial charge on any atom is -0.508 e. The highest BCUT2D eigenvalue weighted by Crippen LogP contribution is 2.46. The molecule has 3 unspecified atom stereocenters. The normalized spacial score (nSPS) is 33.9. The van der Waals surface area contributed by atoms with E-state index in [9.17, 15) is 19.5 Å². The number of hydrogen-bond acceptors (Lipinski definition) is 5. The van der Waals surface area contributed by atoms with Crippen LogP contribution in [-0.4, -0.2) is 82.5 Å². The maximum absolute atomic E-state index is 13.2. The van der Waals surface area contributed by atoms with Crippen LogP contribution in [0, 0.1) is 5.92 Å². The van der Waals surface area contributed by atoms with Crippen LogP contribution in [0.2, 0.25) is 0 Å². The molecule has 2 bridgehead atoms. The molecule has 148 valence electrons. The van der Waals surface area contributed by atoms with Gasteiger partial charge in [-0.05, 0) is 49.5 Å². The summed E-state index contributed by atoms with van der Waals surface area (Å²) in [7, 11) is 0. The Kier molecular flexibility index (Phi) is 4.04. The van der Waals surface area contributed by atoms with Crippen LogP contribution in [0.3, 0.4) is 0 Å². The van der Waals surface area contributed by atoms with Gasteiger partial charge in [-0.15, -0.1) is 0 Å². The molecule has 1 aromatic carbocycles. The molecule has 8 heteroatoms. The Labute approximate surface area is 163 Å². The maximum Gasteiger partial charge on any atom is 0.325 e. The Morgan fingerprint density at radius 2 is 1.96 bits per heavy atom. The minimum absolute atomic E-state index is 0.0575. The van der Waals surface area contributed by atoms with Crippen LogP contribution in [-0.2, 0) is 9.59 Å². The van der Waals surface area contributed by atoms with E-state index in [1.807, 2.05) is 17.0 Å². The lowest BCUT2D eigenvalue weighted by atomic mass is 9.75. The van der Waals surface area contributed by atoms with Gasteiger partial charge in [0.05, 0.1) is 6.04 Å². The molecule has 0 saturated carbocycles. The quantitative estimate of drug-likeness (QED) is 0.733. The smallest absolute Gasteiger partial charge is 0.325 e. The Bertz CT molecular complexity index is 835. The van der Waals surface area contributed by atoms with E-state index in [4.69, 9.17) is 0 Å². The molecule has 5 aliphatic rings. The number of benzene rings is 1. The van der Waals surface area contributed by atoms with Crippen LogP contribution in [0.5, 0.6) is 5.75 Å². The molecule has 5 saturated heterocycles. The molecule has 3 atom stereocenters. The van der Waals surface area contributed by atoms with Crippen LogP contribution >= 0.6 is 0 Å². The molecular weight excluding hydrogens is 360 g/mol. The van der Waals surface area contributed by atoms with E-state index >= 15 is 0 Å². The Morgan fingerprint density at radius 1 is 1.18 bits per heavy atom. The molecule has 0 aromatic heterocycles. The summed E-state index contributed by atoms with van der Waals surface area (Å²) in [5.41, 5.74) is 1.05. The number of nitrogens with one attached hydrogen (secondary N) is 1. The number of carbonyl (C=O) groups is 3. The molecule has 0 radical (unpaired) electrons. The number of likely N-dealkylation sites (tertiary alicyclic amines) is 1. The lowest BCUT2D eigenvalue weighted by Crippen LogP contribution is -2.61. The van der Waals surface area contributed by atoms with Crippen molar-refractivity contribution in [2.75, 3.05) is 32.7 Å². The van der Waals surface area contributed by atoms with Crippen LogP contribution in [0.25, 0.3) is 0 Å². The molecule has 5 heterocycles. The summed E-state index contributed by atoms with van der Waals surface area (Å²) in [6.07, 6.45) is 2.17. The number of urea groups is 1. The largest absolute Gasteiger partial charge is 0.508 e. The first-order valence-corrected chi connectivity index (χ1v) is 9.92. The zero-order valence-electron chi connectivity index (χ0n) is 15.6. The van der Waals surface area contributed by atoms with E-state index in [2.05, 4.69) is 10.2 Å². The summed E-state index contributed by atoms with van der Waals surface area (Å²) >= 11 is 0. The number of carbonyl (C=O) groups excluding carboxylic acids is 3. The maximum atomic E-state index is 13.2.